The van der Waals surface area contributed by atoms with Gasteiger partial charge in [-0.05, 0) is 42.5 Å². The monoisotopic (exact) mass is 293 g/mol. The molecule has 1 aromatic rings. The van der Waals surface area contributed by atoms with Crippen LogP contribution in [0.25, 0.3) is 0 Å². The van der Waals surface area contributed by atoms with Gasteiger partial charge in [-0.2, -0.15) is 0 Å². The number of hydrogen-bond acceptors (Lipinski definition) is 4. The largest absolute Gasteiger partial charge is 0.497 e. The SMILES string of the molecule is COCCN(CC(=O)O)C1CCc2ccc(OC)cc2C1. The minimum atomic E-state index is -0.789. The topological polar surface area (TPSA) is 59.0 Å². The Bertz CT molecular complexity index is 489. The molecule has 2 rings (SSSR count). The molecule has 0 saturated heterocycles. The van der Waals surface area contributed by atoms with E-state index in [-0.39, 0.29) is 12.6 Å². The van der Waals surface area contributed by atoms with Crippen molar-refractivity contribution in [2.24, 2.45) is 0 Å². The lowest BCUT2D eigenvalue weighted by Gasteiger charge is -2.34. The van der Waals surface area contributed by atoms with Gasteiger partial charge in [0.15, 0.2) is 0 Å². The second kappa shape index (κ2) is 7.43. The number of benzene rings is 1. The Hall–Kier alpha value is -1.59. The molecule has 1 N–H and O–H groups in total. The molecule has 116 valence electrons. The van der Waals surface area contributed by atoms with Crippen molar-refractivity contribution in [2.45, 2.75) is 25.3 Å². The van der Waals surface area contributed by atoms with Crippen molar-refractivity contribution in [1.29, 1.82) is 0 Å². The first-order chi connectivity index (χ1) is 10.1. The maximum atomic E-state index is 11.1. The molecule has 5 heteroatoms. The Labute approximate surface area is 125 Å². The smallest absolute Gasteiger partial charge is 0.317 e. The quantitative estimate of drug-likeness (QED) is 0.827. The number of hydrogen-bond donors (Lipinski definition) is 1. The van der Waals surface area contributed by atoms with Gasteiger partial charge in [-0.1, -0.05) is 6.07 Å². The van der Waals surface area contributed by atoms with Gasteiger partial charge >= 0.3 is 5.97 Å². The standard InChI is InChI=1S/C16H23NO4/c1-20-8-7-17(11-16(18)19)14-5-3-12-4-6-15(21-2)10-13(12)9-14/h4,6,10,14H,3,5,7-9,11H2,1-2H3,(H,18,19). The fourth-order valence-corrected chi connectivity index (χ4v) is 2.93. The molecule has 0 saturated carbocycles. The average Bonchev–Trinajstić information content (AvgIpc) is 2.49. The van der Waals surface area contributed by atoms with E-state index in [0.29, 0.717) is 13.2 Å². The minimum Gasteiger partial charge on any atom is -0.497 e. The van der Waals surface area contributed by atoms with Gasteiger partial charge in [-0.15, -0.1) is 0 Å². The van der Waals surface area contributed by atoms with Gasteiger partial charge in [0.2, 0.25) is 0 Å². The molecular weight excluding hydrogens is 270 g/mol. The van der Waals surface area contributed by atoms with E-state index in [9.17, 15) is 4.79 Å². The average molecular weight is 293 g/mol. The predicted molar refractivity (Wildman–Crippen MR) is 79.9 cm³/mol. The van der Waals surface area contributed by atoms with E-state index in [1.165, 1.54) is 11.1 Å². The van der Waals surface area contributed by atoms with E-state index < -0.39 is 5.97 Å². The highest BCUT2D eigenvalue weighted by Gasteiger charge is 2.25. The first-order valence-corrected chi connectivity index (χ1v) is 7.24. The molecule has 5 nitrogen and oxygen atoms in total. The van der Waals surface area contributed by atoms with Crippen LogP contribution in [0.1, 0.15) is 17.5 Å². The van der Waals surface area contributed by atoms with Gasteiger partial charge < -0.3 is 14.6 Å². The minimum absolute atomic E-state index is 0.0628. The number of carboxylic acid groups (broad SMARTS) is 1. The van der Waals surface area contributed by atoms with E-state index in [0.717, 1.165) is 25.0 Å². The molecular formula is C16H23NO4. The molecule has 0 aromatic heterocycles. The van der Waals surface area contributed by atoms with Crippen molar-refractivity contribution in [2.75, 3.05) is 33.9 Å². The Morgan fingerprint density at radius 2 is 2.19 bits per heavy atom. The normalized spacial score (nSPS) is 17.6. The van der Waals surface area contributed by atoms with Gasteiger partial charge in [0, 0.05) is 19.7 Å². The summed E-state index contributed by atoms with van der Waals surface area (Å²) in [5.41, 5.74) is 2.60. The highest BCUT2D eigenvalue weighted by molar-refractivity contribution is 5.69. The first-order valence-electron chi connectivity index (χ1n) is 7.24. The fraction of sp³-hybridized carbons (Fsp3) is 0.562. The summed E-state index contributed by atoms with van der Waals surface area (Å²) in [5, 5.41) is 9.09. The van der Waals surface area contributed by atoms with Gasteiger partial charge in [0.05, 0.1) is 20.3 Å². The van der Waals surface area contributed by atoms with Crippen LogP contribution in [0.2, 0.25) is 0 Å². The number of methoxy groups -OCH3 is 2. The van der Waals surface area contributed by atoms with Crippen molar-refractivity contribution in [1.82, 2.24) is 4.90 Å². The number of fused-ring (bicyclic) bond motifs is 1. The third-order valence-corrected chi connectivity index (χ3v) is 4.05. The maximum Gasteiger partial charge on any atom is 0.317 e. The number of nitrogens with zero attached hydrogens (tertiary/aromatic N) is 1. The Morgan fingerprint density at radius 1 is 1.38 bits per heavy atom. The van der Waals surface area contributed by atoms with E-state index >= 15 is 0 Å². The van der Waals surface area contributed by atoms with Crippen LogP contribution in [0.4, 0.5) is 0 Å². The van der Waals surface area contributed by atoms with Crippen LogP contribution in [-0.2, 0) is 22.4 Å². The number of carbonyl (C=O) groups is 1. The molecule has 0 fully saturated rings. The summed E-state index contributed by atoms with van der Waals surface area (Å²) in [6.45, 7) is 1.26. The lowest BCUT2D eigenvalue weighted by atomic mass is 9.87. The van der Waals surface area contributed by atoms with E-state index in [1.54, 1.807) is 14.2 Å². The lowest BCUT2D eigenvalue weighted by molar-refractivity contribution is -0.139. The third kappa shape index (κ3) is 4.19. The first kappa shape index (κ1) is 15.8. The molecule has 0 radical (unpaired) electrons. The van der Waals surface area contributed by atoms with Crippen LogP contribution in [0.5, 0.6) is 5.75 Å². The van der Waals surface area contributed by atoms with Gasteiger partial charge in [-0.3, -0.25) is 9.69 Å². The van der Waals surface area contributed by atoms with E-state index in [2.05, 4.69) is 12.1 Å². The number of aryl methyl sites for hydroxylation is 1. The summed E-state index contributed by atoms with van der Waals surface area (Å²) in [4.78, 5) is 13.1. The van der Waals surface area contributed by atoms with Crippen molar-refractivity contribution in [3.63, 3.8) is 0 Å². The van der Waals surface area contributed by atoms with Gasteiger partial charge in [-0.25, -0.2) is 0 Å². The number of ether oxygens (including phenoxy) is 2. The lowest BCUT2D eigenvalue weighted by Crippen LogP contribution is -2.44. The van der Waals surface area contributed by atoms with E-state index in [1.807, 2.05) is 11.0 Å². The second-order valence-corrected chi connectivity index (χ2v) is 5.39. The summed E-state index contributed by atoms with van der Waals surface area (Å²) in [5.74, 6) is 0.0682. The molecule has 21 heavy (non-hydrogen) atoms. The van der Waals surface area contributed by atoms with Crippen molar-refractivity contribution in [3.8, 4) is 5.75 Å². The van der Waals surface area contributed by atoms with Gasteiger partial charge in [0.25, 0.3) is 0 Å². The molecule has 1 atom stereocenters. The Balaban J connectivity index is 2.10. The Morgan fingerprint density at radius 3 is 2.86 bits per heavy atom. The molecule has 0 aliphatic heterocycles. The summed E-state index contributed by atoms with van der Waals surface area (Å²) in [6, 6.07) is 6.41. The van der Waals surface area contributed by atoms with Crippen LogP contribution < -0.4 is 4.74 Å². The van der Waals surface area contributed by atoms with Crippen molar-refractivity contribution >= 4 is 5.97 Å². The van der Waals surface area contributed by atoms with Crippen LogP contribution >= 0.6 is 0 Å². The van der Waals surface area contributed by atoms with Crippen molar-refractivity contribution in [3.05, 3.63) is 29.3 Å². The fourth-order valence-electron chi connectivity index (χ4n) is 2.93. The second-order valence-electron chi connectivity index (χ2n) is 5.39. The van der Waals surface area contributed by atoms with E-state index in [4.69, 9.17) is 14.6 Å². The number of rotatable bonds is 7. The predicted octanol–water partition coefficient (Wildman–Crippen LogP) is 1.59. The van der Waals surface area contributed by atoms with Crippen LogP contribution in [-0.4, -0.2) is 55.9 Å². The zero-order chi connectivity index (χ0) is 15.2. The molecule has 0 amide bonds. The molecule has 0 spiro atoms. The summed E-state index contributed by atoms with van der Waals surface area (Å²) >= 11 is 0. The third-order valence-electron chi connectivity index (χ3n) is 4.05. The maximum absolute atomic E-state index is 11.1. The summed E-state index contributed by atoms with van der Waals surface area (Å²) < 4.78 is 10.4. The van der Waals surface area contributed by atoms with Crippen LogP contribution in [0.15, 0.2) is 18.2 Å². The molecule has 0 bridgehead atoms. The highest BCUT2D eigenvalue weighted by Crippen LogP contribution is 2.27. The summed E-state index contributed by atoms with van der Waals surface area (Å²) in [7, 11) is 3.30. The van der Waals surface area contributed by atoms with Crippen LogP contribution in [0, 0.1) is 0 Å². The molecule has 0 heterocycles. The molecule has 1 unspecified atom stereocenters. The number of carboxylic acids is 1. The molecule has 1 aliphatic rings. The highest BCUT2D eigenvalue weighted by atomic mass is 16.5. The van der Waals surface area contributed by atoms with Gasteiger partial charge in [0.1, 0.15) is 5.75 Å². The summed E-state index contributed by atoms with van der Waals surface area (Å²) in [6.07, 6.45) is 2.83. The molecule has 1 aliphatic carbocycles. The zero-order valence-electron chi connectivity index (χ0n) is 12.7. The van der Waals surface area contributed by atoms with Crippen molar-refractivity contribution < 1.29 is 19.4 Å². The van der Waals surface area contributed by atoms with Crippen LogP contribution in [0.3, 0.4) is 0 Å². The zero-order valence-corrected chi connectivity index (χ0v) is 12.7. The Kier molecular flexibility index (Phi) is 5.59. The molecule has 1 aromatic carbocycles. The number of aliphatic carboxylic acids is 1.